The number of aromatic nitrogens is 1. The highest BCUT2D eigenvalue weighted by atomic mass is 32.1. The first-order chi connectivity index (χ1) is 9.22. The van der Waals surface area contributed by atoms with E-state index in [4.69, 9.17) is 0 Å². The first kappa shape index (κ1) is 14.0. The van der Waals surface area contributed by atoms with Crippen molar-refractivity contribution in [1.82, 2.24) is 10.3 Å². The molecule has 1 aromatic heterocycles. The summed E-state index contributed by atoms with van der Waals surface area (Å²) in [6.07, 6.45) is 1.10. The average Bonchev–Trinajstić information content (AvgIpc) is 2.88. The lowest BCUT2D eigenvalue weighted by Crippen LogP contribution is -2.15. The quantitative estimate of drug-likeness (QED) is 0.820. The fourth-order valence-corrected chi connectivity index (χ4v) is 2.56. The van der Waals surface area contributed by atoms with Gasteiger partial charge in [0.25, 0.3) is 0 Å². The largest absolute Gasteiger partial charge is 0.318 e. The number of benzene rings is 1. The molecule has 0 saturated heterocycles. The fourth-order valence-electron chi connectivity index (χ4n) is 1.75. The van der Waals surface area contributed by atoms with Gasteiger partial charge in [-0.25, -0.2) is 9.37 Å². The van der Waals surface area contributed by atoms with E-state index in [1.807, 2.05) is 18.5 Å². The second-order valence-corrected chi connectivity index (χ2v) is 5.15. The molecule has 0 spiro atoms. The molecule has 102 valence electrons. The molecule has 19 heavy (non-hydrogen) atoms. The van der Waals surface area contributed by atoms with Gasteiger partial charge >= 0.3 is 0 Å². The third-order valence-electron chi connectivity index (χ3n) is 2.77. The van der Waals surface area contributed by atoms with E-state index in [1.165, 1.54) is 17.4 Å². The Balaban J connectivity index is 2.08. The standard InChI is InChI=1S/C14H18FN3S/c1-3-8-16-9-11-10-19-14(17-11)18(2)13-7-5-4-6-12(13)15/h4-7,10,16H,3,8-9H2,1-2H3. The lowest BCUT2D eigenvalue weighted by molar-refractivity contribution is 0.627. The van der Waals surface area contributed by atoms with Crippen molar-refractivity contribution in [3.05, 3.63) is 41.2 Å². The van der Waals surface area contributed by atoms with Crippen molar-refractivity contribution < 1.29 is 4.39 Å². The molecule has 1 aromatic carbocycles. The van der Waals surface area contributed by atoms with Crippen molar-refractivity contribution >= 4 is 22.2 Å². The van der Waals surface area contributed by atoms with Crippen molar-refractivity contribution in [3.8, 4) is 0 Å². The Morgan fingerprint density at radius 3 is 2.89 bits per heavy atom. The van der Waals surface area contributed by atoms with Crippen LogP contribution in [0.5, 0.6) is 0 Å². The van der Waals surface area contributed by atoms with Crippen molar-refractivity contribution in [2.24, 2.45) is 0 Å². The summed E-state index contributed by atoms with van der Waals surface area (Å²) in [5, 5.41) is 6.12. The van der Waals surface area contributed by atoms with Crippen LogP contribution in [0.15, 0.2) is 29.6 Å². The third-order valence-corrected chi connectivity index (χ3v) is 3.74. The Morgan fingerprint density at radius 1 is 1.37 bits per heavy atom. The lowest BCUT2D eigenvalue weighted by atomic mass is 10.3. The molecule has 0 aliphatic rings. The second kappa shape index (κ2) is 6.63. The SMILES string of the molecule is CCCNCc1csc(N(C)c2ccccc2F)n1. The van der Waals surface area contributed by atoms with Crippen molar-refractivity contribution in [1.29, 1.82) is 0 Å². The van der Waals surface area contributed by atoms with Crippen molar-refractivity contribution in [2.75, 3.05) is 18.5 Å². The molecule has 0 aliphatic heterocycles. The van der Waals surface area contributed by atoms with E-state index in [-0.39, 0.29) is 5.82 Å². The summed E-state index contributed by atoms with van der Waals surface area (Å²) < 4.78 is 13.7. The van der Waals surface area contributed by atoms with E-state index in [0.29, 0.717) is 5.69 Å². The molecule has 1 heterocycles. The number of hydrogen-bond acceptors (Lipinski definition) is 4. The minimum atomic E-state index is -0.231. The molecular formula is C14H18FN3S. The zero-order chi connectivity index (χ0) is 13.7. The van der Waals surface area contributed by atoms with E-state index in [0.717, 1.165) is 30.3 Å². The predicted octanol–water partition coefficient (Wildman–Crippen LogP) is 3.55. The Hall–Kier alpha value is -1.46. The minimum absolute atomic E-state index is 0.231. The number of halogens is 1. The maximum atomic E-state index is 13.7. The first-order valence-corrected chi connectivity index (χ1v) is 7.23. The van der Waals surface area contributed by atoms with Crippen molar-refractivity contribution in [3.63, 3.8) is 0 Å². The molecule has 3 nitrogen and oxygen atoms in total. The smallest absolute Gasteiger partial charge is 0.189 e. The van der Waals surface area contributed by atoms with Crippen LogP contribution in [0.1, 0.15) is 19.0 Å². The number of anilines is 2. The summed E-state index contributed by atoms with van der Waals surface area (Å²) in [7, 11) is 1.83. The van der Waals surface area contributed by atoms with Crippen molar-refractivity contribution in [2.45, 2.75) is 19.9 Å². The number of hydrogen-bond donors (Lipinski definition) is 1. The summed E-state index contributed by atoms with van der Waals surface area (Å²) in [4.78, 5) is 6.30. The van der Waals surface area contributed by atoms with Gasteiger partial charge in [-0.3, -0.25) is 0 Å². The van der Waals surface area contributed by atoms with E-state index in [9.17, 15) is 4.39 Å². The second-order valence-electron chi connectivity index (χ2n) is 4.31. The van der Waals surface area contributed by atoms with Crippen LogP contribution in [0.4, 0.5) is 15.2 Å². The van der Waals surface area contributed by atoms with E-state index < -0.39 is 0 Å². The summed E-state index contributed by atoms with van der Waals surface area (Å²) in [6.45, 7) is 3.87. The Bertz CT molecular complexity index is 527. The van der Waals surface area contributed by atoms with Gasteiger partial charge in [-0.2, -0.15) is 0 Å². The van der Waals surface area contributed by atoms with Crippen LogP contribution in [0.3, 0.4) is 0 Å². The van der Waals surface area contributed by atoms with Gasteiger partial charge in [0.05, 0.1) is 11.4 Å². The van der Waals surface area contributed by atoms with Crippen LogP contribution in [-0.2, 0) is 6.54 Å². The van der Waals surface area contributed by atoms with Gasteiger partial charge in [0.1, 0.15) is 5.82 Å². The molecule has 0 bridgehead atoms. The molecule has 1 N–H and O–H groups in total. The van der Waals surface area contributed by atoms with E-state index in [2.05, 4.69) is 17.2 Å². The summed E-state index contributed by atoms with van der Waals surface area (Å²) in [5.74, 6) is -0.231. The number of nitrogens with one attached hydrogen (secondary N) is 1. The van der Waals surface area contributed by atoms with Gasteiger partial charge in [-0.05, 0) is 25.1 Å². The summed E-state index contributed by atoms with van der Waals surface area (Å²) >= 11 is 1.53. The average molecular weight is 279 g/mol. The maximum absolute atomic E-state index is 13.7. The van der Waals surface area contributed by atoms with Crippen LogP contribution in [-0.4, -0.2) is 18.6 Å². The first-order valence-electron chi connectivity index (χ1n) is 6.35. The monoisotopic (exact) mass is 279 g/mol. The van der Waals surface area contributed by atoms with Gasteiger partial charge in [-0.1, -0.05) is 19.1 Å². The Kier molecular flexibility index (Phi) is 4.87. The van der Waals surface area contributed by atoms with Gasteiger partial charge in [0.2, 0.25) is 0 Å². The molecule has 5 heteroatoms. The molecule has 2 rings (SSSR count). The highest BCUT2D eigenvalue weighted by molar-refractivity contribution is 7.13. The Labute approximate surface area is 117 Å². The minimum Gasteiger partial charge on any atom is -0.318 e. The number of thiazole rings is 1. The molecule has 0 amide bonds. The topological polar surface area (TPSA) is 28.2 Å². The van der Waals surface area contributed by atoms with Crippen LogP contribution < -0.4 is 10.2 Å². The Morgan fingerprint density at radius 2 is 2.16 bits per heavy atom. The summed E-state index contributed by atoms with van der Waals surface area (Å²) in [6, 6.07) is 6.73. The molecular weight excluding hydrogens is 261 g/mol. The third kappa shape index (κ3) is 3.52. The van der Waals surface area contributed by atoms with E-state index in [1.54, 1.807) is 17.0 Å². The zero-order valence-electron chi connectivity index (χ0n) is 11.2. The molecule has 0 saturated carbocycles. The van der Waals surface area contributed by atoms with E-state index >= 15 is 0 Å². The van der Waals surface area contributed by atoms with Crippen LogP contribution >= 0.6 is 11.3 Å². The molecule has 0 unspecified atom stereocenters. The highest BCUT2D eigenvalue weighted by Crippen LogP contribution is 2.28. The van der Waals surface area contributed by atoms with Crippen LogP contribution in [0, 0.1) is 5.82 Å². The van der Waals surface area contributed by atoms with Gasteiger partial charge in [0, 0.05) is 19.0 Å². The maximum Gasteiger partial charge on any atom is 0.189 e. The molecule has 0 fully saturated rings. The zero-order valence-corrected chi connectivity index (χ0v) is 12.0. The lowest BCUT2D eigenvalue weighted by Gasteiger charge is -2.16. The molecule has 0 radical (unpaired) electrons. The van der Waals surface area contributed by atoms with Crippen LogP contribution in [0.25, 0.3) is 0 Å². The number of rotatable bonds is 6. The highest BCUT2D eigenvalue weighted by Gasteiger charge is 2.12. The fraction of sp³-hybridized carbons (Fsp3) is 0.357. The molecule has 2 aromatic rings. The molecule has 0 aliphatic carbocycles. The van der Waals surface area contributed by atoms with Gasteiger partial charge in [-0.15, -0.1) is 11.3 Å². The normalized spacial score (nSPS) is 10.7. The van der Waals surface area contributed by atoms with Gasteiger partial charge in [0.15, 0.2) is 5.13 Å². The summed E-state index contributed by atoms with van der Waals surface area (Å²) in [5.41, 5.74) is 1.54. The molecule has 0 atom stereocenters. The van der Waals surface area contributed by atoms with Gasteiger partial charge < -0.3 is 10.2 Å². The number of para-hydroxylation sites is 1. The number of nitrogens with zero attached hydrogens (tertiary/aromatic N) is 2. The van der Waals surface area contributed by atoms with Crippen LogP contribution in [0.2, 0.25) is 0 Å². The predicted molar refractivity (Wildman–Crippen MR) is 78.6 cm³/mol.